The van der Waals surface area contributed by atoms with Crippen LogP contribution in [0.5, 0.6) is 0 Å². The van der Waals surface area contributed by atoms with Gasteiger partial charge >= 0.3 is 5.97 Å². The molecule has 0 aromatic heterocycles. The SMILES string of the molecule is CC(C)=CC(=O)N1CCC[C@H](CCC(=O)O)C1. The number of allylic oxidation sites excluding steroid dienone is 1. The van der Waals surface area contributed by atoms with Crippen LogP contribution < -0.4 is 0 Å². The summed E-state index contributed by atoms with van der Waals surface area (Å²) in [6, 6.07) is 0. The quantitative estimate of drug-likeness (QED) is 0.764. The molecule has 0 bridgehead atoms. The maximum Gasteiger partial charge on any atom is 0.303 e. The minimum Gasteiger partial charge on any atom is -0.481 e. The van der Waals surface area contributed by atoms with E-state index < -0.39 is 5.97 Å². The van der Waals surface area contributed by atoms with E-state index in [0.29, 0.717) is 18.9 Å². The Morgan fingerprint density at radius 1 is 1.41 bits per heavy atom. The fourth-order valence-electron chi connectivity index (χ4n) is 2.17. The van der Waals surface area contributed by atoms with Crippen LogP contribution >= 0.6 is 0 Å². The minimum atomic E-state index is -0.752. The number of carbonyl (C=O) groups is 2. The summed E-state index contributed by atoms with van der Waals surface area (Å²) in [7, 11) is 0. The first kappa shape index (κ1) is 13.7. The van der Waals surface area contributed by atoms with E-state index in [-0.39, 0.29) is 12.3 Å². The average molecular weight is 239 g/mol. The van der Waals surface area contributed by atoms with Gasteiger partial charge in [-0.25, -0.2) is 0 Å². The van der Waals surface area contributed by atoms with Gasteiger partial charge in [0.2, 0.25) is 5.91 Å². The van der Waals surface area contributed by atoms with Crippen LogP contribution in [0.1, 0.15) is 39.5 Å². The van der Waals surface area contributed by atoms with Crippen molar-refractivity contribution in [1.29, 1.82) is 0 Å². The molecule has 1 aliphatic heterocycles. The maximum atomic E-state index is 11.8. The van der Waals surface area contributed by atoms with E-state index in [0.717, 1.165) is 25.0 Å². The second-order valence-corrected chi connectivity index (χ2v) is 4.95. The zero-order valence-corrected chi connectivity index (χ0v) is 10.6. The van der Waals surface area contributed by atoms with Crippen molar-refractivity contribution < 1.29 is 14.7 Å². The molecule has 4 heteroatoms. The Bertz CT molecular complexity index is 319. The van der Waals surface area contributed by atoms with Crippen molar-refractivity contribution in [2.75, 3.05) is 13.1 Å². The summed E-state index contributed by atoms with van der Waals surface area (Å²) in [4.78, 5) is 24.2. The normalized spacial score (nSPS) is 19.9. The first-order valence-corrected chi connectivity index (χ1v) is 6.14. The first-order valence-electron chi connectivity index (χ1n) is 6.14. The highest BCUT2D eigenvalue weighted by Crippen LogP contribution is 2.21. The van der Waals surface area contributed by atoms with Crippen LogP contribution in [0.2, 0.25) is 0 Å². The van der Waals surface area contributed by atoms with Crippen molar-refractivity contribution in [1.82, 2.24) is 4.90 Å². The lowest BCUT2D eigenvalue weighted by molar-refractivity contribution is -0.137. The van der Waals surface area contributed by atoms with E-state index in [1.165, 1.54) is 0 Å². The Balaban J connectivity index is 2.46. The smallest absolute Gasteiger partial charge is 0.303 e. The van der Waals surface area contributed by atoms with Crippen LogP contribution in [0, 0.1) is 5.92 Å². The van der Waals surface area contributed by atoms with Crippen LogP contribution in [-0.4, -0.2) is 35.0 Å². The zero-order valence-electron chi connectivity index (χ0n) is 10.6. The molecule has 1 rings (SSSR count). The molecule has 17 heavy (non-hydrogen) atoms. The lowest BCUT2D eigenvalue weighted by atomic mass is 9.93. The number of hydrogen-bond acceptors (Lipinski definition) is 2. The predicted octanol–water partition coefficient (Wildman–Crippen LogP) is 2.06. The monoisotopic (exact) mass is 239 g/mol. The summed E-state index contributed by atoms with van der Waals surface area (Å²) in [6.45, 7) is 5.32. The van der Waals surface area contributed by atoms with E-state index in [2.05, 4.69) is 0 Å². The number of rotatable bonds is 4. The third-order valence-corrected chi connectivity index (χ3v) is 3.01. The fourth-order valence-corrected chi connectivity index (χ4v) is 2.17. The van der Waals surface area contributed by atoms with Crippen LogP contribution in [0.25, 0.3) is 0 Å². The number of carbonyl (C=O) groups excluding carboxylic acids is 1. The van der Waals surface area contributed by atoms with Crippen LogP contribution in [-0.2, 0) is 9.59 Å². The Morgan fingerprint density at radius 2 is 2.12 bits per heavy atom. The molecule has 0 aromatic carbocycles. The number of nitrogens with zero attached hydrogens (tertiary/aromatic N) is 1. The van der Waals surface area contributed by atoms with Crippen LogP contribution in [0.3, 0.4) is 0 Å². The molecule has 1 heterocycles. The van der Waals surface area contributed by atoms with Gasteiger partial charge in [-0.1, -0.05) is 5.57 Å². The van der Waals surface area contributed by atoms with Gasteiger partial charge in [-0.2, -0.15) is 0 Å². The van der Waals surface area contributed by atoms with Crippen molar-refractivity contribution in [3.8, 4) is 0 Å². The topological polar surface area (TPSA) is 57.6 Å². The van der Waals surface area contributed by atoms with Crippen molar-refractivity contribution in [3.05, 3.63) is 11.6 Å². The van der Waals surface area contributed by atoms with E-state index in [4.69, 9.17) is 5.11 Å². The molecule has 0 unspecified atom stereocenters. The van der Waals surface area contributed by atoms with Gasteiger partial charge in [0.15, 0.2) is 0 Å². The lowest BCUT2D eigenvalue weighted by Crippen LogP contribution is -2.39. The summed E-state index contributed by atoms with van der Waals surface area (Å²) in [5.41, 5.74) is 1.00. The molecule has 0 saturated carbocycles. The molecular weight excluding hydrogens is 218 g/mol. The summed E-state index contributed by atoms with van der Waals surface area (Å²) in [5.74, 6) is -0.350. The number of carboxylic acid groups (broad SMARTS) is 1. The van der Waals surface area contributed by atoms with Crippen molar-refractivity contribution in [2.24, 2.45) is 5.92 Å². The van der Waals surface area contributed by atoms with Gasteiger partial charge in [-0.3, -0.25) is 9.59 Å². The molecule has 1 fully saturated rings. The Morgan fingerprint density at radius 3 is 2.71 bits per heavy atom. The molecule has 0 aliphatic carbocycles. The standard InChI is InChI=1S/C13H21NO3/c1-10(2)8-12(15)14-7-3-4-11(9-14)5-6-13(16)17/h8,11H,3-7,9H2,1-2H3,(H,16,17)/t11-/m1/s1. The summed E-state index contributed by atoms with van der Waals surface area (Å²) >= 11 is 0. The molecule has 1 saturated heterocycles. The molecule has 1 N–H and O–H groups in total. The van der Waals surface area contributed by atoms with Gasteiger partial charge < -0.3 is 10.0 Å². The molecule has 0 spiro atoms. The molecule has 0 aromatic rings. The summed E-state index contributed by atoms with van der Waals surface area (Å²) in [6.07, 6.45) is 4.54. The third-order valence-electron chi connectivity index (χ3n) is 3.01. The highest BCUT2D eigenvalue weighted by molar-refractivity contribution is 5.88. The van der Waals surface area contributed by atoms with Crippen LogP contribution in [0.4, 0.5) is 0 Å². The largest absolute Gasteiger partial charge is 0.481 e. The molecule has 1 atom stereocenters. The van der Waals surface area contributed by atoms with Gasteiger partial charge in [-0.15, -0.1) is 0 Å². The van der Waals surface area contributed by atoms with E-state index in [9.17, 15) is 9.59 Å². The Kier molecular flexibility index (Phi) is 5.19. The van der Waals surface area contributed by atoms with Gasteiger partial charge in [0.25, 0.3) is 0 Å². The van der Waals surface area contributed by atoms with E-state index >= 15 is 0 Å². The highest BCUT2D eigenvalue weighted by Gasteiger charge is 2.22. The molecule has 1 amide bonds. The summed E-state index contributed by atoms with van der Waals surface area (Å²) < 4.78 is 0. The predicted molar refractivity (Wildman–Crippen MR) is 65.6 cm³/mol. The Hall–Kier alpha value is -1.32. The van der Waals surface area contributed by atoms with Crippen molar-refractivity contribution in [2.45, 2.75) is 39.5 Å². The zero-order chi connectivity index (χ0) is 12.8. The third kappa shape index (κ3) is 5.02. The fraction of sp³-hybridized carbons (Fsp3) is 0.692. The first-order chi connectivity index (χ1) is 7.99. The number of aliphatic carboxylic acids is 1. The van der Waals surface area contributed by atoms with Crippen LogP contribution in [0.15, 0.2) is 11.6 Å². The Labute approximate surface area is 102 Å². The molecule has 0 radical (unpaired) electrons. The van der Waals surface area contributed by atoms with Gasteiger partial charge in [0.1, 0.15) is 0 Å². The number of carboxylic acids is 1. The van der Waals surface area contributed by atoms with Gasteiger partial charge in [-0.05, 0) is 39.0 Å². The highest BCUT2D eigenvalue weighted by atomic mass is 16.4. The van der Waals surface area contributed by atoms with E-state index in [1.54, 1.807) is 6.08 Å². The number of hydrogen-bond donors (Lipinski definition) is 1. The summed E-state index contributed by atoms with van der Waals surface area (Å²) in [5, 5.41) is 8.65. The molecule has 1 aliphatic rings. The van der Waals surface area contributed by atoms with Crippen molar-refractivity contribution in [3.63, 3.8) is 0 Å². The second kappa shape index (κ2) is 6.42. The average Bonchev–Trinajstić information content (AvgIpc) is 2.26. The van der Waals surface area contributed by atoms with Crippen molar-refractivity contribution >= 4 is 11.9 Å². The number of amides is 1. The lowest BCUT2D eigenvalue weighted by Gasteiger charge is -2.32. The van der Waals surface area contributed by atoms with E-state index in [1.807, 2.05) is 18.7 Å². The minimum absolute atomic E-state index is 0.0602. The van der Waals surface area contributed by atoms with Gasteiger partial charge in [0, 0.05) is 25.6 Å². The molecule has 96 valence electrons. The number of piperidine rings is 1. The molecule has 4 nitrogen and oxygen atoms in total. The maximum absolute atomic E-state index is 11.8. The van der Waals surface area contributed by atoms with Gasteiger partial charge in [0.05, 0.1) is 0 Å². The molecular formula is C13H21NO3. The second-order valence-electron chi connectivity index (χ2n) is 4.95. The number of likely N-dealkylation sites (tertiary alicyclic amines) is 1.